The molecule has 0 aliphatic carbocycles. The molecule has 0 spiro atoms. The van der Waals surface area contributed by atoms with Crippen molar-refractivity contribution in [2.45, 2.75) is 19.5 Å². The van der Waals surface area contributed by atoms with Gasteiger partial charge in [0.2, 0.25) is 0 Å². The lowest BCUT2D eigenvalue weighted by Gasteiger charge is -2.20. The van der Waals surface area contributed by atoms with Crippen molar-refractivity contribution in [3.63, 3.8) is 0 Å². The molecule has 124 valence electrons. The van der Waals surface area contributed by atoms with Gasteiger partial charge in [-0.05, 0) is 34.9 Å². The van der Waals surface area contributed by atoms with Crippen LogP contribution in [0.2, 0.25) is 5.02 Å². The number of Topliss-reactive ketones (excluding diaryl/α,β-unsaturated/α-hetero) is 2. The van der Waals surface area contributed by atoms with Gasteiger partial charge < -0.3 is 5.11 Å². The van der Waals surface area contributed by atoms with E-state index in [-0.39, 0.29) is 11.6 Å². The van der Waals surface area contributed by atoms with Crippen LogP contribution in [-0.4, -0.2) is 34.7 Å². The highest BCUT2D eigenvalue weighted by atomic mass is 35.5. The Hall–Kier alpha value is -2.01. The zero-order valence-electron chi connectivity index (χ0n) is 13.2. The lowest BCUT2D eigenvalue weighted by molar-refractivity contribution is -0.119. The molecule has 1 N–H and O–H groups in total. The summed E-state index contributed by atoms with van der Waals surface area (Å²) in [5.74, 6) is -0.151. The third-order valence-electron chi connectivity index (χ3n) is 4.17. The highest BCUT2D eigenvalue weighted by molar-refractivity contribution is 6.30. The van der Waals surface area contributed by atoms with E-state index in [4.69, 9.17) is 16.7 Å². The van der Waals surface area contributed by atoms with E-state index in [2.05, 4.69) is 4.90 Å². The van der Waals surface area contributed by atoms with Crippen LogP contribution in [0.1, 0.15) is 27.0 Å². The van der Waals surface area contributed by atoms with Gasteiger partial charge in [-0.25, -0.2) is 0 Å². The van der Waals surface area contributed by atoms with Crippen molar-refractivity contribution in [3.8, 4) is 0 Å². The highest BCUT2D eigenvalue weighted by Crippen LogP contribution is 2.21. The Balaban J connectivity index is 1.85. The molecule has 0 bridgehead atoms. The molecule has 0 amide bonds. The van der Waals surface area contributed by atoms with E-state index in [1.807, 2.05) is 30.3 Å². The zero-order chi connectivity index (χ0) is 17.1. The molecular weight excluding hydrogens is 326 g/mol. The summed E-state index contributed by atoms with van der Waals surface area (Å²) in [6.45, 7) is 1.10. The van der Waals surface area contributed by atoms with E-state index in [0.29, 0.717) is 36.6 Å². The van der Waals surface area contributed by atoms with Crippen LogP contribution in [0.4, 0.5) is 0 Å². The molecular formula is C19H18ClNO3. The molecule has 5 heteroatoms. The minimum Gasteiger partial charge on any atom is -0.388 e. The van der Waals surface area contributed by atoms with Crippen molar-refractivity contribution in [1.29, 1.82) is 0 Å². The summed E-state index contributed by atoms with van der Waals surface area (Å²) >= 11 is 5.91. The van der Waals surface area contributed by atoms with Gasteiger partial charge >= 0.3 is 0 Å². The van der Waals surface area contributed by atoms with Crippen molar-refractivity contribution in [1.82, 2.24) is 4.90 Å². The molecule has 0 atom stereocenters. The molecule has 0 saturated heterocycles. The van der Waals surface area contributed by atoms with Gasteiger partial charge in [0.15, 0.2) is 11.6 Å². The van der Waals surface area contributed by atoms with Gasteiger partial charge in [-0.15, -0.1) is 0 Å². The number of carbonyl (C=O) groups is 2. The standard InChI is InChI=1S/C19H18ClNO3/c20-17-5-1-13(2-6-17)9-21-10-16-7-15(19(24)12-22)4-3-14(16)8-18(23)11-21/h1-7,22H,8-12H2. The summed E-state index contributed by atoms with van der Waals surface area (Å²) in [5.41, 5.74) is 3.48. The smallest absolute Gasteiger partial charge is 0.188 e. The van der Waals surface area contributed by atoms with Gasteiger partial charge in [-0.1, -0.05) is 35.9 Å². The first-order valence-corrected chi connectivity index (χ1v) is 8.17. The average molecular weight is 344 g/mol. The summed E-state index contributed by atoms with van der Waals surface area (Å²) in [6, 6.07) is 12.9. The highest BCUT2D eigenvalue weighted by Gasteiger charge is 2.21. The number of ketones is 2. The van der Waals surface area contributed by atoms with Crippen molar-refractivity contribution >= 4 is 23.2 Å². The van der Waals surface area contributed by atoms with Gasteiger partial charge in [0.05, 0.1) is 6.54 Å². The maximum Gasteiger partial charge on any atom is 0.188 e. The Morgan fingerprint density at radius 2 is 1.83 bits per heavy atom. The van der Waals surface area contributed by atoms with E-state index in [9.17, 15) is 9.59 Å². The second-order valence-corrected chi connectivity index (χ2v) is 6.49. The molecule has 1 heterocycles. The van der Waals surface area contributed by atoms with Crippen LogP contribution in [-0.2, 0) is 24.3 Å². The number of aliphatic hydroxyl groups is 1. The summed E-state index contributed by atoms with van der Waals surface area (Å²) in [7, 11) is 0. The number of benzene rings is 2. The number of aliphatic hydroxyl groups excluding tert-OH is 1. The van der Waals surface area contributed by atoms with Gasteiger partial charge in [0, 0.05) is 30.1 Å². The summed E-state index contributed by atoms with van der Waals surface area (Å²) in [5, 5.41) is 9.72. The number of nitrogens with zero attached hydrogens (tertiary/aromatic N) is 1. The van der Waals surface area contributed by atoms with Crippen LogP contribution < -0.4 is 0 Å². The molecule has 0 radical (unpaired) electrons. The lowest BCUT2D eigenvalue weighted by Crippen LogP contribution is -2.27. The Kier molecular flexibility index (Phi) is 5.09. The maximum atomic E-state index is 12.2. The van der Waals surface area contributed by atoms with Gasteiger partial charge in [-0.3, -0.25) is 14.5 Å². The van der Waals surface area contributed by atoms with Crippen LogP contribution in [0.25, 0.3) is 0 Å². The van der Waals surface area contributed by atoms with E-state index in [1.54, 1.807) is 12.1 Å². The zero-order valence-corrected chi connectivity index (χ0v) is 13.9. The normalized spacial score (nSPS) is 15.0. The molecule has 2 aromatic rings. The fraction of sp³-hybridized carbons (Fsp3) is 0.263. The molecule has 1 aliphatic heterocycles. The van der Waals surface area contributed by atoms with Crippen molar-refractivity contribution in [3.05, 3.63) is 69.7 Å². The first-order chi connectivity index (χ1) is 11.5. The Bertz CT molecular complexity index is 771. The maximum absolute atomic E-state index is 12.2. The van der Waals surface area contributed by atoms with E-state index < -0.39 is 6.61 Å². The lowest BCUT2D eigenvalue weighted by atomic mass is 9.99. The molecule has 2 aromatic carbocycles. The van der Waals surface area contributed by atoms with Crippen molar-refractivity contribution < 1.29 is 14.7 Å². The number of hydrogen-bond acceptors (Lipinski definition) is 4. The van der Waals surface area contributed by atoms with Crippen LogP contribution in [0.3, 0.4) is 0 Å². The number of fused-ring (bicyclic) bond motifs is 1. The Morgan fingerprint density at radius 1 is 1.08 bits per heavy atom. The van der Waals surface area contributed by atoms with Crippen molar-refractivity contribution in [2.75, 3.05) is 13.2 Å². The number of carbonyl (C=O) groups excluding carboxylic acids is 2. The van der Waals surface area contributed by atoms with Crippen LogP contribution in [0.5, 0.6) is 0 Å². The Labute approximate surface area is 145 Å². The predicted octanol–water partition coefficient (Wildman–Crippen LogP) is 2.64. The van der Waals surface area contributed by atoms with Gasteiger partial charge in [0.25, 0.3) is 0 Å². The fourth-order valence-corrected chi connectivity index (χ4v) is 3.11. The molecule has 4 nitrogen and oxygen atoms in total. The monoisotopic (exact) mass is 343 g/mol. The van der Waals surface area contributed by atoms with Gasteiger partial charge in [0.1, 0.15) is 6.61 Å². The summed E-state index contributed by atoms with van der Waals surface area (Å²) in [6.07, 6.45) is 0.375. The Morgan fingerprint density at radius 3 is 2.54 bits per heavy atom. The second kappa shape index (κ2) is 7.26. The average Bonchev–Trinajstić information content (AvgIpc) is 2.72. The molecule has 0 aromatic heterocycles. The number of hydrogen-bond donors (Lipinski definition) is 1. The van der Waals surface area contributed by atoms with Crippen LogP contribution >= 0.6 is 11.6 Å². The largest absolute Gasteiger partial charge is 0.388 e. The quantitative estimate of drug-likeness (QED) is 0.867. The van der Waals surface area contributed by atoms with Crippen molar-refractivity contribution in [2.24, 2.45) is 0 Å². The molecule has 1 aliphatic rings. The second-order valence-electron chi connectivity index (χ2n) is 6.05. The van der Waals surface area contributed by atoms with Crippen LogP contribution in [0.15, 0.2) is 42.5 Å². The minimum atomic E-state index is -0.508. The summed E-state index contributed by atoms with van der Waals surface area (Å²) < 4.78 is 0. The minimum absolute atomic E-state index is 0.156. The topological polar surface area (TPSA) is 57.6 Å². The SMILES string of the molecule is O=C1Cc2ccc(C(=O)CO)cc2CN(Cc2ccc(Cl)cc2)C1. The van der Waals surface area contributed by atoms with E-state index in [1.165, 1.54) is 0 Å². The first kappa shape index (κ1) is 16.8. The molecule has 0 unspecified atom stereocenters. The molecule has 0 saturated carbocycles. The van der Waals surface area contributed by atoms with E-state index in [0.717, 1.165) is 16.7 Å². The third-order valence-corrected chi connectivity index (χ3v) is 4.42. The first-order valence-electron chi connectivity index (χ1n) is 7.79. The number of halogens is 1. The predicted molar refractivity (Wildman–Crippen MR) is 92.1 cm³/mol. The molecule has 3 rings (SSSR count). The molecule has 0 fully saturated rings. The molecule has 24 heavy (non-hydrogen) atoms. The summed E-state index contributed by atoms with van der Waals surface area (Å²) in [4.78, 5) is 26.0. The van der Waals surface area contributed by atoms with Crippen LogP contribution in [0, 0.1) is 0 Å². The van der Waals surface area contributed by atoms with Gasteiger partial charge in [-0.2, -0.15) is 0 Å². The third kappa shape index (κ3) is 3.90. The fourth-order valence-electron chi connectivity index (χ4n) is 2.98. The number of rotatable bonds is 4. The van der Waals surface area contributed by atoms with E-state index >= 15 is 0 Å².